The van der Waals surface area contributed by atoms with Gasteiger partial charge in [-0.15, -0.1) is 0 Å². The molecule has 1 aromatic carbocycles. The fourth-order valence-electron chi connectivity index (χ4n) is 2.70. The van der Waals surface area contributed by atoms with Crippen LogP contribution in [0.15, 0.2) is 29.3 Å². The molecule has 0 bridgehead atoms. The van der Waals surface area contributed by atoms with Crippen molar-refractivity contribution in [2.45, 2.75) is 12.8 Å². The van der Waals surface area contributed by atoms with Crippen molar-refractivity contribution in [3.05, 3.63) is 29.3 Å². The summed E-state index contributed by atoms with van der Waals surface area (Å²) < 4.78 is 5.58. The Labute approximate surface area is 143 Å². The van der Waals surface area contributed by atoms with Crippen LogP contribution in [0.25, 0.3) is 0 Å². The molecule has 0 spiro atoms. The third-order valence-electron chi connectivity index (χ3n) is 4.36. The van der Waals surface area contributed by atoms with E-state index in [0.29, 0.717) is 19.1 Å². The van der Waals surface area contributed by atoms with E-state index in [2.05, 4.69) is 26.9 Å². The normalized spacial score (nSPS) is 19.3. The van der Waals surface area contributed by atoms with Crippen LogP contribution in [-0.2, 0) is 4.74 Å². The average Bonchev–Trinajstić information content (AvgIpc) is 3.39. The summed E-state index contributed by atoms with van der Waals surface area (Å²) in [5.74, 6) is 1.44. The van der Waals surface area contributed by atoms with Crippen LogP contribution in [0.2, 0.25) is 5.02 Å². The summed E-state index contributed by atoms with van der Waals surface area (Å²) in [6.45, 7) is 5.86. The topological polar surface area (TPSA) is 54.1 Å². The highest BCUT2D eigenvalue weighted by Crippen LogP contribution is 2.28. The van der Waals surface area contributed by atoms with Gasteiger partial charge in [-0.3, -0.25) is 4.99 Å². The SMILES string of the molecule is NC(=NCCOCC1CC1)N1CCN(c2ccc(Cl)cc2)CC1. The molecular weight excluding hydrogens is 312 g/mol. The molecule has 1 aliphatic carbocycles. The van der Waals surface area contributed by atoms with Gasteiger partial charge in [0.25, 0.3) is 0 Å². The number of nitrogens with two attached hydrogens (primary N) is 1. The van der Waals surface area contributed by atoms with Crippen LogP contribution in [0, 0.1) is 5.92 Å². The van der Waals surface area contributed by atoms with Gasteiger partial charge in [0.15, 0.2) is 5.96 Å². The molecule has 1 saturated heterocycles. The summed E-state index contributed by atoms with van der Waals surface area (Å²) in [6.07, 6.45) is 2.65. The maximum atomic E-state index is 6.09. The third kappa shape index (κ3) is 5.01. The number of ether oxygens (including phenoxy) is 1. The van der Waals surface area contributed by atoms with Crippen molar-refractivity contribution in [2.24, 2.45) is 16.6 Å². The minimum absolute atomic E-state index is 0.635. The number of hydrogen-bond acceptors (Lipinski definition) is 3. The van der Waals surface area contributed by atoms with Gasteiger partial charge in [-0.2, -0.15) is 0 Å². The van der Waals surface area contributed by atoms with Gasteiger partial charge in [0.05, 0.1) is 13.2 Å². The predicted octanol–water partition coefficient (Wildman–Crippen LogP) is 2.20. The number of rotatable bonds is 6. The molecule has 1 saturated carbocycles. The van der Waals surface area contributed by atoms with Gasteiger partial charge in [0, 0.05) is 43.5 Å². The maximum Gasteiger partial charge on any atom is 0.191 e. The van der Waals surface area contributed by atoms with Gasteiger partial charge in [-0.25, -0.2) is 0 Å². The molecule has 5 nitrogen and oxygen atoms in total. The lowest BCUT2D eigenvalue weighted by Crippen LogP contribution is -2.51. The summed E-state index contributed by atoms with van der Waals surface area (Å²) in [4.78, 5) is 8.93. The number of piperazine rings is 1. The van der Waals surface area contributed by atoms with E-state index >= 15 is 0 Å². The standard InChI is InChI=1S/C17H25ClN4O/c18-15-3-5-16(6-4-15)21-8-10-22(11-9-21)17(19)20-7-12-23-13-14-1-2-14/h3-6,14H,1-2,7-13H2,(H2,19,20). The Morgan fingerprint density at radius 3 is 2.52 bits per heavy atom. The van der Waals surface area contributed by atoms with Crippen molar-refractivity contribution in [2.75, 3.05) is 50.8 Å². The summed E-state index contributed by atoms with van der Waals surface area (Å²) in [6, 6.07) is 7.99. The van der Waals surface area contributed by atoms with Gasteiger partial charge >= 0.3 is 0 Å². The highest BCUT2D eigenvalue weighted by molar-refractivity contribution is 6.30. The van der Waals surface area contributed by atoms with E-state index in [1.165, 1.54) is 18.5 Å². The highest BCUT2D eigenvalue weighted by Gasteiger charge is 2.21. The molecule has 0 aromatic heterocycles. The molecule has 23 heavy (non-hydrogen) atoms. The monoisotopic (exact) mass is 336 g/mol. The quantitative estimate of drug-likeness (QED) is 0.491. The van der Waals surface area contributed by atoms with Crippen LogP contribution in [-0.4, -0.2) is 56.8 Å². The lowest BCUT2D eigenvalue weighted by molar-refractivity contribution is 0.131. The summed E-state index contributed by atoms with van der Waals surface area (Å²) in [5.41, 5.74) is 7.30. The summed E-state index contributed by atoms with van der Waals surface area (Å²) in [7, 11) is 0. The molecule has 3 rings (SSSR count). The van der Waals surface area contributed by atoms with Gasteiger partial charge in [0.2, 0.25) is 0 Å². The number of hydrogen-bond donors (Lipinski definition) is 1. The van der Waals surface area contributed by atoms with Crippen LogP contribution in [0.5, 0.6) is 0 Å². The second kappa shape index (κ2) is 7.88. The smallest absolute Gasteiger partial charge is 0.191 e. The third-order valence-corrected chi connectivity index (χ3v) is 4.61. The molecule has 0 atom stereocenters. The fourth-order valence-corrected chi connectivity index (χ4v) is 2.83. The lowest BCUT2D eigenvalue weighted by Gasteiger charge is -2.36. The van der Waals surface area contributed by atoms with Crippen LogP contribution in [0.4, 0.5) is 5.69 Å². The predicted molar refractivity (Wildman–Crippen MR) is 95.3 cm³/mol. The zero-order valence-electron chi connectivity index (χ0n) is 13.5. The lowest BCUT2D eigenvalue weighted by atomic mass is 10.2. The van der Waals surface area contributed by atoms with Crippen molar-refractivity contribution in [3.63, 3.8) is 0 Å². The minimum atomic E-state index is 0.635. The van der Waals surface area contributed by atoms with Crippen LogP contribution in [0.1, 0.15) is 12.8 Å². The molecular formula is C17H25ClN4O. The van der Waals surface area contributed by atoms with E-state index in [4.69, 9.17) is 22.1 Å². The van der Waals surface area contributed by atoms with E-state index in [0.717, 1.165) is 43.7 Å². The minimum Gasteiger partial charge on any atom is -0.379 e. The van der Waals surface area contributed by atoms with Gasteiger partial charge in [-0.1, -0.05) is 11.6 Å². The molecule has 2 aliphatic rings. The molecule has 0 amide bonds. The van der Waals surface area contributed by atoms with E-state index in [9.17, 15) is 0 Å². The van der Waals surface area contributed by atoms with E-state index in [1.54, 1.807) is 0 Å². The number of nitrogens with zero attached hydrogens (tertiary/aromatic N) is 3. The zero-order chi connectivity index (χ0) is 16.1. The molecule has 1 aliphatic heterocycles. The van der Waals surface area contributed by atoms with E-state index in [-0.39, 0.29) is 0 Å². The highest BCUT2D eigenvalue weighted by atomic mass is 35.5. The number of aliphatic imine (C=N–C) groups is 1. The first-order valence-corrected chi connectivity index (χ1v) is 8.73. The second-order valence-corrected chi connectivity index (χ2v) is 6.65. The first-order valence-electron chi connectivity index (χ1n) is 8.35. The Kier molecular flexibility index (Phi) is 5.62. The van der Waals surface area contributed by atoms with Crippen molar-refractivity contribution in [3.8, 4) is 0 Å². The van der Waals surface area contributed by atoms with Crippen molar-refractivity contribution >= 4 is 23.2 Å². The van der Waals surface area contributed by atoms with Crippen LogP contribution < -0.4 is 10.6 Å². The molecule has 126 valence electrons. The first-order chi connectivity index (χ1) is 11.2. The fraction of sp³-hybridized carbons (Fsp3) is 0.588. The van der Waals surface area contributed by atoms with Crippen LogP contribution in [0.3, 0.4) is 0 Å². The number of halogens is 1. The molecule has 6 heteroatoms. The van der Waals surface area contributed by atoms with E-state index < -0.39 is 0 Å². The Bertz CT molecular complexity index is 522. The van der Waals surface area contributed by atoms with Crippen molar-refractivity contribution in [1.82, 2.24) is 4.90 Å². The Hall–Kier alpha value is -1.46. The van der Waals surface area contributed by atoms with Gasteiger partial charge < -0.3 is 20.3 Å². The summed E-state index contributed by atoms with van der Waals surface area (Å²) in [5, 5.41) is 0.771. The molecule has 1 aromatic rings. The largest absolute Gasteiger partial charge is 0.379 e. The number of guanidine groups is 1. The Balaban J connectivity index is 1.39. The van der Waals surface area contributed by atoms with Crippen LogP contribution >= 0.6 is 11.6 Å². The average molecular weight is 337 g/mol. The molecule has 2 N–H and O–H groups in total. The van der Waals surface area contributed by atoms with Gasteiger partial charge in [-0.05, 0) is 43.0 Å². The summed E-state index contributed by atoms with van der Waals surface area (Å²) >= 11 is 5.94. The Morgan fingerprint density at radius 1 is 1.17 bits per heavy atom. The second-order valence-electron chi connectivity index (χ2n) is 6.21. The van der Waals surface area contributed by atoms with E-state index in [1.807, 2.05) is 12.1 Å². The molecule has 0 radical (unpaired) electrons. The number of anilines is 1. The van der Waals surface area contributed by atoms with Crippen molar-refractivity contribution in [1.29, 1.82) is 0 Å². The zero-order valence-corrected chi connectivity index (χ0v) is 14.2. The Morgan fingerprint density at radius 2 is 1.87 bits per heavy atom. The molecule has 2 fully saturated rings. The van der Waals surface area contributed by atoms with Gasteiger partial charge in [0.1, 0.15) is 0 Å². The molecule has 1 heterocycles. The first kappa shape index (κ1) is 16.4. The van der Waals surface area contributed by atoms with Crippen molar-refractivity contribution < 1.29 is 4.74 Å². The number of benzene rings is 1. The molecule has 0 unspecified atom stereocenters. The maximum absolute atomic E-state index is 6.09.